The number of ether oxygens (including phenoxy) is 1. The van der Waals surface area contributed by atoms with Crippen LogP contribution in [0.4, 0.5) is 0 Å². The van der Waals surface area contributed by atoms with Gasteiger partial charge in [0.15, 0.2) is 0 Å². The average molecular weight is 268 g/mol. The van der Waals surface area contributed by atoms with Gasteiger partial charge < -0.3 is 4.74 Å². The lowest BCUT2D eigenvalue weighted by Gasteiger charge is -2.27. The van der Waals surface area contributed by atoms with Crippen molar-refractivity contribution in [2.75, 3.05) is 7.11 Å². The summed E-state index contributed by atoms with van der Waals surface area (Å²) < 4.78 is 5.35. The zero-order valence-corrected chi connectivity index (χ0v) is 14.8. The summed E-state index contributed by atoms with van der Waals surface area (Å²) in [7, 11) is 1.71. The topological polar surface area (TPSA) is 9.23 Å². The van der Waals surface area contributed by atoms with Crippen LogP contribution in [0.3, 0.4) is 0 Å². The summed E-state index contributed by atoms with van der Waals surface area (Å²) >= 11 is 0. The molecule has 0 spiro atoms. The molecule has 0 aliphatic carbocycles. The number of hydrogen-bond acceptors (Lipinski definition) is 1. The van der Waals surface area contributed by atoms with E-state index in [0.717, 1.165) is 12.2 Å². The number of methoxy groups -OCH3 is 1. The third kappa shape index (κ3) is 10.6. The quantitative estimate of drug-likeness (QED) is 0.407. The van der Waals surface area contributed by atoms with E-state index in [9.17, 15) is 0 Å². The Kier molecular flexibility index (Phi) is 18.4. The fraction of sp³-hybridized carbons (Fsp3) is 0.667. The Labute approximate surface area is 122 Å². The van der Waals surface area contributed by atoms with Crippen LogP contribution in [0, 0.1) is 5.41 Å². The lowest BCUT2D eigenvalue weighted by Crippen LogP contribution is -2.16. The molecule has 0 aromatic carbocycles. The van der Waals surface area contributed by atoms with Crippen LogP contribution in [0.15, 0.2) is 36.1 Å². The highest BCUT2D eigenvalue weighted by Gasteiger charge is 2.23. The zero-order valence-electron chi connectivity index (χ0n) is 14.8. The maximum absolute atomic E-state index is 5.35. The molecule has 0 aromatic heterocycles. The predicted molar refractivity (Wildman–Crippen MR) is 90.4 cm³/mol. The minimum Gasteiger partial charge on any atom is -0.497 e. The van der Waals surface area contributed by atoms with Gasteiger partial charge in [-0.05, 0) is 30.4 Å². The molecule has 0 saturated heterocycles. The highest BCUT2D eigenvalue weighted by atomic mass is 16.5. The van der Waals surface area contributed by atoms with Gasteiger partial charge in [-0.25, -0.2) is 0 Å². The van der Waals surface area contributed by atoms with Gasteiger partial charge in [0.2, 0.25) is 0 Å². The first-order chi connectivity index (χ1) is 8.94. The third-order valence-corrected chi connectivity index (χ3v) is 2.65. The predicted octanol–water partition coefficient (Wildman–Crippen LogP) is 6.53. The van der Waals surface area contributed by atoms with Gasteiger partial charge in [-0.1, -0.05) is 73.6 Å². The molecule has 0 N–H and O–H groups in total. The summed E-state index contributed by atoms with van der Waals surface area (Å²) in [6.07, 6.45) is 8.16. The maximum atomic E-state index is 5.35. The van der Waals surface area contributed by atoms with Crippen molar-refractivity contribution in [3.63, 3.8) is 0 Å². The van der Waals surface area contributed by atoms with Crippen LogP contribution < -0.4 is 0 Å². The summed E-state index contributed by atoms with van der Waals surface area (Å²) in [4.78, 5) is 0. The second kappa shape index (κ2) is 15.1. The molecule has 0 aliphatic rings. The van der Waals surface area contributed by atoms with E-state index < -0.39 is 0 Å². The van der Waals surface area contributed by atoms with Gasteiger partial charge in [0, 0.05) is 0 Å². The van der Waals surface area contributed by atoms with Crippen molar-refractivity contribution in [3.05, 3.63) is 36.1 Å². The van der Waals surface area contributed by atoms with Crippen molar-refractivity contribution in [1.82, 2.24) is 0 Å². The molecule has 114 valence electrons. The van der Waals surface area contributed by atoms with E-state index in [-0.39, 0.29) is 5.41 Å². The fourth-order valence-corrected chi connectivity index (χ4v) is 1.33. The molecule has 0 bridgehead atoms. The molecular weight excluding hydrogens is 232 g/mol. The average Bonchev–Trinajstić information content (AvgIpc) is 2.42. The van der Waals surface area contributed by atoms with Crippen LogP contribution in [-0.4, -0.2) is 7.11 Å². The normalized spacial score (nSPS) is 11.6. The van der Waals surface area contributed by atoms with Crippen LogP contribution in [0.1, 0.15) is 68.2 Å². The number of hydrogen-bond donors (Lipinski definition) is 0. The summed E-state index contributed by atoms with van der Waals surface area (Å²) in [5.74, 6) is 0.941. The minimum atomic E-state index is 0.131. The third-order valence-electron chi connectivity index (χ3n) is 2.65. The summed E-state index contributed by atoms with van der Waals surface area (Å²) in [5.41, 5.74) is 1.34. The van der Waals surface area contributed by atoms with E-state index in [4.69, 9.17) is 4.74 Å². The van der Waals surface area contributed by atoms with Crippen molar-refractivity contribution in [3.8, 4) is 0 Å². The van der Waals surface area contributed by atoms with Crippen LogP contribution in [0.2, 0.25) is 0 Å². The maximum Gasteiger partial charge on any atom is 0.118 e. The van der Waals surface area contributed by atoms with Gasteiger partial charge in [-0.3, -0.25) is 0 Å². The Bertz CT molecular complexity index is 257. The van der Waals surface area contributed by atoms with E-state index in [1.54, 1.807) is 7.11 Å². The van der Waals surface area contributed by atoms with Crippen molar-refractivity contribution in [2.24, 2.45) is 5.41 Å². The minimum absolute atomic E-state index is 0.131. The van der Waals surface area contributed by atoms with Crippen LogP contribution in [-0.2, 0) is 4.74 Å². The first kappa shape index (κ1) is 23.1. The SMILES string of the molecule is C=C/C=C(\C(=C/C)OC)C(C)(C)CC.CC.CCC. The molecule has 0 amide bonds. The standard InChI is InChI=1S/C13H22O.C3H8.C2H6/c1-7-10-11(12(8-2)14-6)13(4,5)9-3;1-3-2;1-2/h7-8,10H,1,9H2,2-6H3;3H2,1-2H3;1-2H3/b11-10+,12-8+;;. The van der Waals surface area contributed by atoms with Gasteiger partial charge >= 0.3 is 0 Å². The van der Waals surface area contributed by atoms with Crippen LogP contribution in [0.25, 0.3) is 0 Å². The Hall–Kier alpha value is -0.980. The van der Waals surface area contributed by atoms with Crippen molar-refractivity contribution in [2.45, 2.75) is 68.2 Å². The Morgan fingerprint density at radius 3 is 1.79 bits per heavy atom. The molecule has 1 heteroatoms. The van der Waals surface area contributed by atoms with Gasteiger partial charge in [-0.2, -0.15) is 0 Å². The molecule has 19 heavy (non-hydrogen) atoms. The van der Waals surface area contributed by atoms with E-state index in [1.165, 1.54) is 12.0 Å². The first-order valence-electron chi connectivity index (χ1n) is 7.48. The van der Waals surface area contributed by atoms with E-state index in [0.29, 0.717) is 0 Å². The highest BCUT2D eigenvalue weighted by molar-refractivity contribution is 5.33. The summed E-state index contributed by atoms with van der Waals surface area (Å²) in [6.45, 7) is 20.6. The summed E-state index contributed by atoms with van der Waals surface area (Å²) in [5, 5.41) is 0. The van der Waals surface area contributed by atoms with E-state index in [2.05, 4.69) is 41.2 Å². The zero-order chi connectivity index (χ0) is 15.9. The molecule has 0 aliphatic heterocycles. The highest BCUT2D eigenvalue weighted by Crippen LogP contribution is 2.35. The van der Waals surface area contributed by atoms with Gasteiger partial charge in [0.25, 0.3) is 0 Å². The molecule has 1 nitrogen and oxygen atoms in total. The van der Waals surface area contributed by atoms with Gasteiger partial charge in [0.1, 0.15) is 5.76 Å². The van der Waals surface area contributed by atoms with E-state index in [1.807, 2.05) is 39.0 Å². The van der Waals surface area contributed by atoms with Crippen LogP contribution in [0.5, 0.6) is 0 Å². The molecular formula is C18H36O. The molecule has 0 atom stereocenters. The lowest BCUT2D eigenvalue weighted by molar-refractivity contribution is 0.274. The monoisotopic (exact) mass is 268 g/mol. The Morgan fingerprint density at radius 2 is 1.58 bits per heavy atom. The van der Waals surface area contributed by atoms with Crippen LogP contribution >= 0.6 is 0 Å². The molecule has 0 saturated carbocycles. The molecule has 0 radical (unpaired) electrons. The second-order valence-electron chi connectivity index (χ2n) is 4.62. The molecule has 0 heterocycles. The first-order valence-corrected chi connectivity index (χ1v) is 7.48. The Morgan fingerprint density at radius 1 is 1.16 bits per heavy atom. The van der Waals surface area contributed by atoms with Gasteiger partial charge in [0.05, 0.1) is 7.11 Å². The smallest absolute Gasteiger partial charge is 0.118 e. The Balaban J connectivity index is -0.000000445. The van der Waals surface area contributed by atoms with Gasteiger partial charge in [-0.15, -0.1) is 0 Å². The molecule has 0 rings (SSSR count). The van der Waals surface area contributed by atoms with Crippen molar-refractivity contribution >= 4 is 0 Å². The number of rotatable bonds is 5. The molecule has 0 aromatic rings. The lowest BCUT2D eigenvalue weighted by atomic mass is 9.80. The second-order valence-corrected chi connectivity index (χ2v) is 4.62. The molecule has 0 fully saturated rings. The summed E-state index contributed by atoms with van der Waals surface area (Å²) in [6, 6.07) is 0. The van der Waals surface area contributed by atoms with Crippen molar-refractivity contribution < 1.29 is 4.74 Å². The number of allylic oxidation sites excluding steroid dienone is 4. The fourth-order valence-electron chi connectivity index (χ4n) is 1.33. The largest absolute Gasteiger partial charge is 0.497 e. The van der Waals surface area contributed by atoms with Crippen molar-refractivity contribution in [1.29, 1.82) is 0 Å². The molecule has 0 unspecified atom stereocenters. The van der Waals surface area contributed by atoms with E-state index >= 15 is 0 Å².